The van der Waals surface area contributed by atoms with Crippen molar-refractivity contribution in [2.24, 2.45) is 11.8 Å². The van der Waals surface area contributed by atoms with E-state index in [0.29, 0.717) is 6.61 Å². The van der Waals surface area contributed by atoms with Gasteiger partial charge in [-0.3, -0.25) is 9.59 Å². The molecule has 0 amide bonds. The maximum Gasteiger partial charge on any atom is 0.321 e. The fourth-order valence-electron chi connectivity index (χ4n) is 5.62. The zero-order valence-electron chi connectivity index (χ0n) is 16.7. The van der Waals surface area contributed by atoms with Crippen LogP contribution in [-0.4, -0.2) is 18.7 Å². The van der Waals surface area contributed by atoms with Crippen LogP contribution in [0.5, 0.6) is 0 Å². The Labute approximate surface area is 179 Å². The highest BCUT2D eigenvalue weighted by Gasteiger charge is 2.68. The number of carbonyl (C=O) groups is 2. The van der Waals surface area contributed by atoms with Gasteiger partial charge in [0, 0.05) is 5.92 Å². The van der Waals surface area contributed by atoms with E-state index in [1.54, 1.807) is 0 Å². The summed E-state index contributed by atoms with van der Waals surface area (Å²) in [5.41, 5.74) is 3.76. The van der Waals surface area contributed by atoms with Gasteiger partial charge in [0.15, 0.2) is 0 Å². The van der Waals surface area contributed by atoms with Crippen molar-refractivity contribution in [1.29, 1.82) is 0 Å². The maximum atomic E-state index is 12.9. The van der Waals surface area contributed by atoms with Crippen LogP contribution in [0.25, 0.3) is 0 Å². The summed E-state index contributed by atoms with van der Waals surface area (Å²) in [6.07, 6.45) is 0. The number of cyclic esters (lactones) is 2. The maximum absolute atomic E-state index is 12.9. The van der Waals surface area contributed by atoms with Crippen LogP contribution >= 0.6 is 0 Å². The third-order valence-electron chi connectivity index (χ3n) is 6.76. The fourth-order valence-corrected chi connectivity index (χ4v) is 5.62. The van der Waals surface area contributed by atoms with E-state index in [4.69, 9.17) is 14.2 Å². The smallest absolute Gasteiger partial charge is 0.321 e. The van der Waals surface area contributed by atoms with Crippen LogP contribution in [0.3, 0.4) is 0 Å². The van der Waals surface area contributed by atoms with E-state index in [9.17, 15) is 9.59 Å². The van der Waals surface area contributed by atoms with Crippen LogP contribution in [0, 0.1) is 11.8 Å². The average Bonchev–Trinajstić information content (AvgIpc) is 3.12. The minimum atomic E-state index is -1.12. The highest BCUT2D eigenvalue weighted by Crippen LogP contribution is 2.64. The fraction of sp³-hybridized carbons (Fsp3) is 0.231. The summed E-state index contributed by atoms with van der Waals surface area (Å²) < 4.78 is 17.5. The summed E-state index contributed by atoms with van der Waals surface area (Å²) >= 11 is 0. The number of ether oxygens (including phenoxy) is 3. The van der Waals surface area contributed by atoms with Gasteiger partial charge in [-0.15, -0.1) is 0 Å². The first-order chi connectivity index (χ1) is 15.2. The molecular weight excluding hydrogens is 392 g/mol. The Morgan fingerprint density at radius 3 is 2.06 bits per heavy atom. The molecule has 1 aliphatic heterocycles. The molecule has 31 heavy (non-hydrogen) atoms. The number of esters is 2. The van der Waals surface area contributed by atoms with Crippen molar-refractivity contribution < 1.29 is 23.8 Å². The van der Waals surface area contributed by atoms with Crippen molar-refractivity contribution in [3.8, 4) is 0 Å². The molecule has 7 rings (SSSR count). The van der Waals surface area contributed by atoms with Crippen molar-refractivity contribution in [2.45, 2.75) is 18.1 Å². The molecule has 5 nitrogen and oxygen atoms in total. The number of hydrogen-bond acceptors (Lipinski definition) is 5. The lowest BCUT2D eigenvalue weighted by atomic mass is 9.52. The van der Waals surface area contributed by atoms with E-state index in [0.717, 1.165) is 27.8 Å². The van der Waals surface area contributed by atoms with Crippen molar-refractivity contribution in [3.63, 3.8) is 0 Å². The Morgan fingerprint density at radius 1 is 0.774 bits per heavy atom. The van der Waals surface area contributed by atoms with Crippen LogP contribution in [0.1, 0.15) is 33.7 Å². The van der Waals surface area contributed by atoms with Crippen LogP contribution in [0.4, 0.5) is 0 Å². The summed E-state index contributed by atoms with van der Waals surface area (Å²) in [5.74, 6) is -2.53. The lowest BCUT2D eigenvalue weighted by Crippen LogP contribution is -2.55. The van der Waals surface area contributed by atoms with E-state index in [-0.39, 0.29) is 12.7 Å². The number of rotatable bonds is 5. The van der Waals surface area contributed by atoms with Gasteiger partial charge in [0.05, 0.1) is 12.5 Å². The summed E-state index contributed by atoms with van der Waals surface area (Å²) in [4.78, 5) is 25.7. The number of carbonyl (C=O) groups excluding carboxylic acids is 2. The molecule has 0 spiro atoms. The minimum absolute atomic E-state index is 0.0209. The molecular formula is C26H20O5. The topological polar surface area (TPSA) is 61.8 Å². The predicted molar refractivity (Wildman–Crippen MR) is 111 cm³/mol. The highest BCUT2D eigenvalue weighted by molar-refractivity contribution is 6.00. The normalized spacial score (nSPS) is 27.4. The van der Waals surface area contributed by atoms with Gasteiger partial charge < -0.3 is 14.2 Å². The van der Waals surface area contributed by atoms with Gasteiger partial charge in [0.2, 0.25) is 0 Å². The Morgan fingerprint density at radius 2 is 1.39 bits per heavy atom. The standard InChI is InChI=1S/C26H20O5/c27-24-22-21-17-10-4-6-12-19(17)26(23(22)25(28)31-24,20-13-7-5-11-18(20)21)30-15-29-14-16-8-2-1-3-9-16/h1-13,21-23H,14-15H2/t21?,22-,23+,26?/m0/s1. The molecule has 1 fully saturated rings. The lowest BCUT2D eigenvalue weighted by Gasteiger charge is -2.52. The first-order valence-corrected chi connectivity index (χ1v) is 10.4. The molecule has 5 heteroatoms. The Balaban J connectivity index is 1.45. The zero-order chi connectivity index (χ0) is 21.0. The molecule has 0 aromatic heterocycles. The van der Waals surface area contributed by atoms with E-state index < -0.39 is 29.4 Å². The predicted octanol–water partition coefficient (Wildman–Crippen LogP) is 3.90. The molecule has 1 saturated heterocycles. The first kappa shape index (κ1) is 18.5. The number of benzene rings is 3. The highest BCUT2D eigenvalue weighted by atomic mass is 16.7. The van der Waals surface area contributed by atoms with Crippen molar-refractivity contribution in [1.82, 2.24) is 0 Å². The second-order valence-electron chi connectivity index (χ2n) is 8.23. The van der Waals surface area contributed by atoms with Crippen LogP contribution in [-0.2, 0) is 36.0 Å². The van der Waals surface area contributed by atoms with Gasteiger partial charge in [0.1, 0.15) is 18.3 Å². The monoisotopic (exact) mass is 412 g/mol. The summed E-state index contributed by atoms with van der Waals surface area (Å²) in [6, 6.07) is 25.6. The third-order valence-corrected chi connectivity index (χ3v) is 6.76. The molecule has 0 unspecified atom stereocenters. The second-order valence-corrected chi connectivity index (χ2v) is 8.23. The zero-order valence-corrected chi connectivity index (χ0v) is 16.7. The van der Waals surface area contributed by atoms with Crippen molar-refractivity contribution in [2.75, 3.05) is 6.79 Å². The molecule has 4 aliphatic rings. The molecule has 2 bridgehead atoms. The largest absolute Gasteiger partial charge is 0.393 e. The Bertz CT molecular complexity index is 1140. The van der Waals surface area contributed by atoms with Gasteiger partial charge in [-0.2, -0.15) is 0 Å². The molecule has 1 heterocycles. The van der Waals surface area contributed by atoms with E-state index in [1.165, 1.54) is 0 Å². The number of hydrogen-bond donors (Lipinski definition) is 0. The van der Waals surface area contributed by atoms with Crippen molar-refractivity contribution >= 4 is 11.9 Å². The third kappa shape index (κ3) is 2.51. The summed E-state index contributed by atoms with van der Waals surface area (Å²) in [6.45, 7) is 0.368. The molecule has 3 aromatic rings. The van der Waals surface area contributed by atoms with Crippen molar-refractivity contribution in [3.05, 3.63) is 107 Å². The van der Waals surface area contributed by atoms with Gasteiger partial charge >= 0.3 is 11.9 Å². The average molecular weight is 412 g/mol. The van der Waals surface area contributed by atoms with Gasteiger partial charge in [-0.1, -0.05) is 78.9 Å². The van der Waals surface area contributed by atoms with Gasteiger partial charge in [-0.25, -0.2) is 0 Å². The quantitative estimate of drug-likeness (QED) is 0.275. The molecule has 0 N–H and O–H groups in total. The minimum Gasteiger partial charge on any atom is -0.393 e. The molecule has 3 aliphatic carbocycles. The van der Waals surface area contributed by atoms with Crippen LogP contribution < -0.4 is 0 Å². The summed E-state index contributed by atoms with van der Waals surface area (Å²) in [5, 5.41) is 0. The summed E-state index contributed by atoms with van der Waals surface area (Å²) in [7, 11) is 0. The van der Waals surface area contributed by atoms with Crippen LogP contribution in [0.2, 0.25) is 0 Å². The van der Waals surface area contributed by atoms with E-state index in [2.05, 4.69) is 0 Å². The Hall–Kier alpha value is -3.28. The van der Waals surface area contributed by atoms with E-state index >= 15 is 0 Å². The molecule has 2 atom stereocenters. The molecule has 0 saturated carbocycles. The Kier molecular flexibility index (Phi) is 4.10. The van der Waals surface area contributed by atoms with Gasteiger partial charge in [0.25, 0.3) is 0 Å². The van der Waals surface area contributed by atoms with Crippen LogP contribution in [0.15, 0.2) is 78.9 Å². The molecule has 0 radical (unpaired) electrons. The molecule has 154 valence electrons. The second kappa shape index (κ2) is 6.87. The first-order valence-electron chi connectivity index (χ1n) is 10.4. The lowest BCUT2D eigenvalue weighted by molar-refractivity contribution is -0.179. The van der Waals surface area contributed by atoms with E-state index in [1.807, 2.05) is 78.9 Å². The molecule has 3 aromatic carbocycles. The SMILES string of the molecule is O=C1OC(=O)[C@H]2[C@@H]1C1c3ccccc3C2(OCOCc2ccccc2)c2ccccc21. The van der Waals surface area contributed by atoms with Gasteiger partial charge in [-0.05, 0) is 27.8 Å².